The SMILES string of the molecule is C=CC(=O)Nc1cccc(-n2c(=O)c(C3CCCCC3)nc3cnc(Nc4cccc(N5CCN(C)CC5)c4)nc32)c1. The van der Waals surface area contributed by atoms with Gasteiger partial charge in [0.1, 0.15) is 11.2 Å². The molecule has 4 aromatic rings. The molecule has 42 heavy (non-hydrogen) atoms. The number of carbonyl (C=O) groups is 1. The van der Waals surface area contributed by atoms with Gasteiger partial charge < -0.3 is 20.4 Å². The molecule has 1 aliphatic carbocycles. The summed E-state index contributed by atoms with van der Waals surface area (Å²) in [6.45, 7) is 7.53. The smallest absolute Gasteiger partial charge is 0.278 e. The van der Waals surface area contributed by atoms with Gasteiger partial charge in [0.15, 0.2) is 5.65 Å². The van der Waals surface area contributed by atoms with Crippen LogP contribution in [0.5, 0.6) is 0 Å². The van der Waals surface area contributed by atoms with Crippen LogP contribution in [0.2, 0.25) is 0 Å². The fourth-order valence-corrected chi connectivity index (χ4v) is 5.83. The predicted octanol–water partition coefficient (Wildman–Crippen LogP) is 4.84. The first-order chi connectivity index (χ1) is 20.5. The monoisotopic (exact) mass is 564 g/mol. The number of carbonyl (C=O) groups excluding carboxylic acids is 1. The highest BCUT2D eigenvalue weighted by molar-refractivity contribution is 5.99. The van der Waals surface area contributed by atoms with Gasteiger partial charge in [-0.15, -0.1) is 0 Å². The van der Waals surface area contributed by atoms with E-state index >= 15 is 0 Å². The van der Waals surface area contributed by atoms with Crippen LogP contribution in [0, 0.1) is 0 Å². The Morgan fingerprint density at radius 1 is 0.952 bits per heavy atom. The van der Waals surface area contributed by atoms with Gasteiger partial charge in [-0.2, -0.15) is 4.98 Å². The van der Waals surface area contributed by atoms with Gasteiger partial charge >= 0.3 is 0 Å². The highest BCUT2D eigenvalue weighted by Gasteiger charge is 2.24. The van der Waals surface area contributed by atoms with Gasteiger partial charge in [0.25, 0.3) is 5.56 Å². The first-order valence-electron chi connectivity index (χ1n) is 14.6. The highest BCUT2D eigenvalue weighted by Crippen LogP contribution is 2.31. The Hall–Kier alpha value is -4.57. The molecule has 1 amide bonds. The first kappa shape index (κ1) is 27.6. The number of benzene rings is 2. The summed E-state index contributed by atoms with van der Waals surface area (Å²) in [5.74, 6) is 0.143. The van der Waals surface area contributed by atoms with Crippen molar-refractivity contribution in [3.05, 3.63) is 83.4 Å². The quantitative estimate of drug-likeness (QED) is 0.307. The lowest BCUT2D eigenvalue weighted by molar-refractivity contribution is -0.111. The van der Waals surface area contributed by atoms with Crippen molar-refractivity contribution in [2.45, 2.75) is 38.0 Å². The van der Waals surface area contributed by atoms with E-state index in [1.165, 1.54) is 12.5 Å². The molecule has 0 radical (unpaired) electrons. The summed E-state index contributed by atoms with van der Waals surface area (Å²) in [6, 6.07) is 15.4. The maximum absolute atomic E-state index is 14.1. The van der Waals surface area contributed by atoms with Crippen molar-refractivity contribution in [3.63, 3.8) is 0 Å². The molecule has 0 atom stereocenters. The third-order valence-electron chi connectivity index (χ3n) is 8.14. The second kappa shape index (κ2) is 12.1. The fourth-order valence-electron chi connectivity index (χ4n) is 5.83. The second-order valence-electron chi connectivity index (χ2n) is 11.1. The highest BCUT2D eigenvalue weighted by atomic mass is 16.1. The third kappa shape index (κ3) is 5.89. The van der Waals surface area contributed by atoms with Crippen LogP contribution >= 0.6 is 0 Å². The molecule has 0 spiro atoms. The van der Waals surface area contributed by atoms with Crippen LogP contribution in [0.1, 0.15) is 43.7 Å². The molecule has 10 heteroatoms. The van der Waals surface area contributed by atoms with Crippen LogP contribution in [-0.4, -0.2) is 63.6 Å². The van der Waals surface area contributed by atoms with E-state index in [0.717, 1.165) is 63.2 Å². The summed E-state index contributed by atoms with van der Waals surface area (Å²) in [4.78, 5) is 45.0. The maximum Gasteiger partial charge on any atom is 0.278 e. The number of piperazine rings is 1. The number of anilines is 4. The predicted molar refractivity (Wildman–Crippen MR) is 167 cm³/mol. The van der Waals surface area contributed by atoms with Crippen molar-refractivity contribution in [2.24, 2.45) is 0 Å². The molecule has 1 aliphatic heterocycles. The maximum atomic E-state index is 14.1. The largest absolute Gasteiger partial charge is 0.369 e. The summed E-state index contributed by atoms with van der Waals surface area (Å²) in [5, 5.41) is 6.12. The van der Waals surface area contributed by atoms with Gasteiger partial charge in [0, 0.05) is 49.2 Å². The molecular weight excluding hydrogens is 528 g/mol. The van der Waals surface area contributed by atoms with Crippen molar-refractivity contribution in [3.8, 4) is 5.69 Å². The molecule has 2 aromatic heterocycles. The number of aromatic nitrogens is 4. The average Bonchev–Trinajstić information content (AvgIpc) is 3.02. The molecule has 6 rings (SSSR count). The molecule has 2 fully saturated rings. The normalized spacial score (nSPS) is 16.4. The number of hydrogen-bond donors (Lipinski definition) is 2. The van der Waals surface area contributed by atoms with Crippen LogP contribution in [-0.2, 0) is 4.79 Å². The molecule has 2 aliphatic rings. The number of hydrogen-bond acceptors (Lipinski definition) is 8. The lowest BCUT2D eigenvalue weighted by Crippen LogP contribution is -2.44. The number of fused-ring (bicyclic) bond motifs is 1. The molecule has 3 heterocycles. The third-order valence-corrected chi connectivity index (χ3v) is 8.14. The van der Waals surface area contributed by atoms with Crippen LogP contribution in [0.25, 0.3) is 16.9 Å². The van der Waals surface area contributed by atoms with Crippen molar-refractivity contribution in [1.82, 2.24) is 24.4 Å². The average molecular weight is 565 g/mol. The molecule has 216 valence electrons. The molecule has 0 unspecified atom stereocenters. The van der Waals surface area contributed by atoms with Crippen LogP contribution in [0.15, 0.2) is 72.2 Å². The number of nitrogens with zero attached hydrogens (tertiary/aromatic N) is 6. The summed E-state index contributed by atoms with van der Waals surface area (Å²) >= 11 is 0. The molecule has 1 saturated heterocycles. The minimum Gasteiger partial charge on any atom is -0.369 e. The summed E-state index contributed by atoms with van der Waals surface area (Å²) in [7, 11) is 2.15. The Labute approximate surface area is 245 Å². The molecule has 1 saturated carbocycles. The van der Waals surface area contributed by atoms with E-state index in [9.17, 15) is 9.59 Å². The van der Waals surface area contributed by atoms with Gasteiger partial charge in [-0.3, -0.25) is 14.2 Å². The topological polar surface area (TPSA) is 108 Å². The number of amides is 1. The van der Waals surface area contributed by atoms with Gasteiger partial charge in [0.2, 0.25) is 11.9 Å². The lowest BCUT2D eigenvalue weighted by atomic mass is 9.87. The summed E-state index contributed by atoms with van der Waals surface area (Å²) in [6.07, 6.45) is 8.11. The van der Waals surface area contributed by atoms with Gasteiger partial charge in [-0.05, 0) is 62.4 Å². The Bertz CT molecular complexity index is 1670. The van der Waals surface area contributed by atoms with E-state index in [2.05, 4.69) is 51.2 Å². The van der Waals surface area contributed by atoms with E-state index in [0.29, 0.717) is 34.2 Å². The summed E-state index contributed by atoms with van der Waals surface area (Å²) < 4.78 is 1.60. The zero-order valence-electron chi connectivity index (χ0n) is 23.9. The second-order valence-corrected chi connectivity index (χ2v) is 11.1. The molecular formula is C32H36N8O2. The van der Waals surface area contributed by atoms with E-state index < -0.39 is 0 Å². The minimum absolute atomic E-state index is 0.0978. The number of rotatable bonds is 7. The van der Waals surface area contributed by atoms with E-state index in [1.807, 2.05) is 18.2 Å². The minimum atomic E-state index is -0.324. The van der Waals surface area contributed by atoms with E-state index in [4.69, 9.17) is 9.97 Å². The summed E-state index contributed by atoms with van der Waals surface area (Å²) in [5.41, 5.74) is 4.46. The van der Waals surface area contributed by atoms with Crippen molar-refractivity contribution >= 4 is 40.1 Å². The Morgan fingerprint density at radius 2 is 1.67 bits per heavy atom. The molecule has 10 nitrogen and oxygen atoms in total. The lowest BCUT2D eigenvalue weighted by Gasteiger charge is -2.34. The van der Waals surface area contributed by atoms with Crippen LogP contribution in [0.4, 0.5) is 23.0 Å². The zero-order chi connectivity index (χ0) is 29.1. The van der Waals surface area contributed by atoms with Crippen molar-refractivity contribution in [2.75, 3.05) is 48.8 Å². The number of likely N-dealkylation sites (N-methyl/N-ethyl adjacent to an activating group) is 1. The fraction of sp³-hybridized carbons (Fsp3) is 0.344. The van der Waals surface area contributed by atoms with Crippen LogP contribution in [0.3, 0.4) is 0 Å². The van der Waals surface area contributed by atoms with Gasteiger partial charge in [-0.25, -0.2) is 9.97 Å². The van der Waals surface area contributed by atoms with E-state index in [-0.39, 0.29) is 17.4 Å². The van der Waals surface area contributed by atoms with Crippen molar-refractivity contribution in [1.29, 1.82) is 0 Å². The Kier molecular flexibility index (Phi) is 7.96. The molecule has 2 aromatic carbocycles. The standard InChI is InChI=1S/C32H36N8O2/c1-3-28(41)34-23-11-8-14-26(20-23)40-30-27(36-29(31(40)42)22-9-5-4-6-10-22)21-33-32(37-30)35-24-12-7-13-25(19-24)39-17-15-38(2)16-18-39/h3,7-8,11-14,19-22H,1,4-6,9-10,15-18H2,2H3,(H,34,41)(H,33,35,37). The molecule has 0 bridgehead atoms. The Balaban J connectivity index is 1.40. The van der Waals surface area contributed by atoms with Gasteiger partial charge in [-0.1, -0.05) is 38.0 Å². The molecule has 2 N–H and O–H groups in total. The van der Waals surface area contributed by atoms with E-state index in [1.54, 1.807) is 29.0 Å². The van der Waals surface area contributed by atoms with Crippen molar-refractivity contribution < 1.29 is 4.79 Å². The zero-order valence-corrected chi connectivity index (χ0v) is 23.9. The van der Waals surface area contributed by atoms with Gasteiger partial charge in [0.05, 0.1) is 11.9 Å². The first-order valence-corrected chi connectivity index (χ1v) is 14.6. The number of nitrogens with one attached hydrogen (secondary N) is 2. The van der Waals surface area contributed by atoms with Crippen LogP contribution < -0.4 is 21.1 Å². The Morgan fingerprint density at radius 3 is 2.43 bits per heavy atom.